The second-order valence-electron chi connectivity index (χ2n) is 3.61. The van der Waals surface area contributed by atoms with E-state index in [1.165, 1.54) is 0 Å². The molecule has 0 spiro atoms. The first-order valence-corrected chi connectivity index (χ1v) is 4.69. The highest BCUT2D eigenvalue weighted by molar-refractivity contribution is 5.50. The van der Waals surface area contributed by atoms with Crippen molar-refractivity contribution in [1.82, 2.24) is 4.40 Å². The zero-order valence-corrected chi connectivity index (χ0v) is 8.09. The van der Waals surface area contributed by atoms with Crippen LogP contribution >= 0.6 is 0 Å². The molecule has 0 radical (unpaired) electrons. The van der Waals surface area contributed by atoms with E-state index in [9.17, 15) is 5.11 Å². The third kappa shape index (κ3) is 1.52. The van der Waals surface area contributed by atoms with E-state index in [0.29, 0.717) is 0 Å². The number of rotatable bonds is 2. The lowest BCUT2D eigenvalue weighted by molar-refractivity contribution is 0.153. The lowest BCUT2D eigenvalue weighted by atomic mass is 10.1. The SMILES string of the molecule is C[C@@H](N)[C@H](O)c1cc2ccccn2c1. The fourth-order valence-corrected chi connectivity index (χ4v) is 1.54. The second kappa shape index (κ2) is 3.44. The first-order chi connectivity index (χ1) is 6.68. The third-order valence-electron chi connectivity index (χ3n) is 2.37. The molecule has 0 fully saturated rings. The van der Waals surface area contributed by atoms with Crippen LogP contribution in [-0.4, -0.2) is 15.5 Å². The van der Waals surface area contributed by atoms with Crippen molar-refractivity contribution in [3.8, 4) is 0 Å². The van der Waals surface area contributed by atoms with Gasteiger partial charge >= 0.3 is 0 Å². The first kappa shape index (κ1) is 9.24. The molecule has 2 aromatic rings. The monoisotopic (exact) mass is 190 g/mol. The van der Waals surface area contributed by atoms with Gasteiger partial charge in [-0.2, -0.15) is 0 Å². The molecule has 0 amide bonds. The average molecular weight is 190 g/mol. The Morgan fingerprint density at radius 1 is 1.43 bits per heavy atom. The van der Waals surface area contributed by atoms with Crippen LogP contribution in [0, 0.1) is 0 Å². The van der Waals surface area contributed by atoms with E-state index < -0.39 is 6.10 Å². The molecule has 0 saturated heterocycles. The molecule has 0 bridgehead atoms. The summed E-state index contributed by atoms with van der Waals surface area (Å²) in [6, 6.07) is 7.63. The van der Waals surface area contributed by atoms with Gasteiger partial charge in [0.05, 0.1) is 6.10 Å². The Bertz CT molecular complexity index is 401. The molecule has 14 heavy (non-hydrogen) atoms. The average Bonchev–Trinajstić information content (AvgIpc) is 2.59. The van der Waals surface area contributed by atoms with Crippen molar-refractivity contribution in [3.05, 3.63) is 42.2 Å². The number of nitrogens with zero attached hydrogens (tertiary/aromatic N) is 1. The molecule has 2 aromatic heterocycles. The summed E-state index contributed by atoms with van der Waals surface area (Å²) < 4.78 is 1.97. The molecule has 0 saturated carbocycles. The van der Waals surface area contributed by atoms with Crippen LogP contribution in [0.1, 0.15) is 18.6 Å². The summed E-state index contributed by atoms with van der Waals surface area (Å²) in [5.74, 6) is 0. The Morgan fingerprint density at radius 2 is 2.21 bits per heavy atom. The highest BCUT2D eigenvalue weighted by Crippen LogP contribution is 2.18. The van der Waals surface area contributed by atoms with Crippen LogP contribution in [0.15, 0.2) is 36.7 Å². The predicted molar refractivity (Wildman–Crippen MR) is 56.0 cm³/mol. The standard InChI is InChI=1S/C11H14N2O/c1-8(12)11(14)9-6-10-4-2-3-5-13(10)7-9/h2-8,11,14H,12H2,1H3/t8-,11+/m1/s1. The lowest BCUT2D eigenvalue weighted by Crippen LogP contribution is -2.23. The molecule has 0 aliphatic heterocycles. The summed E-state index contributed by atoms with van der Waals surface area (Å²) in [6.45, 7) is 1.80. The molecule has 3 N–H and O–H groups in total. The molecule has 2 atom stereocenters. The summed E-state index contributed by atoms with van der Waals surface area (Å²) in [5, 5.41) is 9.76. The normalized spacial score (nSPS) is 15.6. The Balaban J connectivity index is 2.45. The number of aliphatic hydroxyl groups excluding tert-OH is 1. The molecule has 3 nitrogen and oxygen atoms in total. The van der Waals surface area contributed by atoms with Crippen LogP contribution < -0.4 is 5.73 Å². The van der Waals surface area contributed by atoms with E-state index in [1.807, 2.05) is 41.1 Å². The molecule has 74 valence electrons. The minimum atomic E-state index is -0.588. The largest absolute Gasteiger partial charge is 0.387 e. The zero-order valence-electron chi connectivity index (χ0n) is 8.09. The van der Waals surface area contributed by atoms with Gasteiger partial charge in [-0.3, -0.25) is 0 Å². The molecule has 0 unspecified atom stereocenters. The quantitative estimate of drug-likeness (QED) is 0.750. The van der Waals surface area contributed by atoms with Crippen LogP contribution in [0.5, 0.6) is 0 Å². The molecule has 3 heteroatoms. The number of hydrogen-bond acceptors (Lipinski definition) is 2. The van der Waals surface area contributed by atoms with Crippen molar-refractivity contribution in [2.75, 3.05) is 0 Å². The molecule has 2 heterocycles. The Hall–Kier alpha value is -1.32. The van der Waals surface area contributed by atoms with E-state index in [0.717, 1.165) is 11.1 Å². The molecular formula is C11H14N2O. The van der Waals surface area contributed by atoms with Crippen LogP contribution in [-0.2, 0) is 0 Å². The van der Waals surface area contributed by atoms with E-state index >= 15 is 0 Å². The van der Waals surface area contributed by atoms with Crippen LogP contribution in [0.3, 0.4) is 0 Å². The maximum Gasteiger partial charge on any atom is 0.0953 e. The second-order valence-corrected chi connectivity index (χ2v) is 3.61. The number of aromatic nitrogens is 1. The zero-order chi connectivity index (χ0) is 10.1. The van der Waals surface area contributed by atoms with Crippen molar-refractivity contribution in [2.45, 2.75) is 19.1 Å². The maximum absolute atomic E-state index is 9.76. The summed E-state index contributed by atoms with van der Waals surface area (Å²) in [7, 11) is 0. The van der Waals surface area contributed by atoms with Crippen molar-refractivity contribution in [1.29, 1.82) is 0 Å². The minimum absolute atomic E-state index is 0.243. The van der Waals surface area contributed by atoms with Gasteiger partial charge < -0.3 is 15.2 Å². The van der Waals surface area contributed by atoms with Crippen molar-refractivity contribution < 1.29 is 5.11 Å². The highest BCUT2D eigenvalue weighted by atomic mass is 16.3. The van der Waals surface area contributed by atoms with Crippen molar-refractivity contribution in [2.24, 2.45) is 5.73 Å². The predicted octanol–water partition coefficient (Wildman–Crippen LogP) is 1.32. The van der Waals surface area contributed by atoms with Gasteiger partial charge in [0.1, 0.15) is 0 Å². The van der Waals surface area contributed by atoms with Gasteiger partial charge in [-0.05, 0) is 25.1 Å². The first-order valence-electron chi connectivity index (χ1n) is 4.69. The smallest absolute Gasteiger partial charge is 0.0953 e. The number of nitrogens with two attached hydrogens (primary N) is 1. The number of pyridine rings is 1. The Morgan fingerprint density at radius 3 is 2.86 bits per heavy atom. The summed E-state index contributed by atoms with van der Waals surface area (Å²) in [4.78, 5) is 0. The van der Waals surface area contributed by atoms with Crippen LogP contribution in [0.4, 0.5) is 0 Å². The van der Waals surface area contributed by atoms with Gasteiger partial charge in [-0.15, -0.1) is 0 Å². The summed E-state index contributed by atoms with van der Waals surface area (Å²) >= 11 is 0. The van der Waals surface area contributed by atoms with Gasteiger partial charge in [0.25, 0.3) is 0 Å². The molecular weight excluding hydrogens is 176 g/mol. The van der Waals surface area contributed by atoms with Gasteiger partial charge in [0.2, 0.25) is 0 Å². The van der Waals surface area contributed by atoms with Gasteiger partial charge in [-0.1, -0.05) is 6.07 Å². The third-order valence-corrected chi connectivity index (χ3v) is 2.37. The highest BCUT2D eigenvalue weighted by Gasteiger charge is 2.13. The van der Waals surface area contributed by atoms with E-state index in [2.05, 4.69) is 0 Å². The van der Waals surface area contributed by atoms with E-state index in [1.54, 1.807) is 6.92 Å². The fourth-order valence-electron chi connectivity index (χ4n) is 1.54. The lowest BCUT2D eigenvalue weighted by Gasteiger charge is -2.11. The number of hydrogen-bond donors (Lipinski definition) is 2. The molecule has 0 aromatic carbocycles. The maximum atomic E-state index is 9.76. The number of aliphatic hydroxyl groups is 1. The summed E-state index contributed by atoms with van der Waals surface area (Å²) in [6.07, 6.45) is 3.27. The van der Waals surface area contributed by atoms with Crippen molar-refractivity contribution in [3.63, 3.8) is 0 Å². The van der Waals surface area contributed by atoms with Gasteiger partial charge in [0, 0.05) is 29.5 Å². The Labute approximate surface area is 82.8 Å². The minimum Gasteiger partial charge on any atom is -0.387 e. The van der Waals surface area contributed by atoms with Gasteiger partial charge in [0.15, 0.2) is 0 Å². The molecule has 2 rings (SSSR count). The molecule has 0 aliphatic carbocycles. The van der Waals surface area contributed by atoms with Crippen LogP contribution in [0.25, 0.3) is 5.52 Å². The summed E-state index contributed by atoms with van der Waals surface area (Å²) in [5.41, 5.74) is 7.57. The topological polar surface area (TPSA) is 50.7 Å². The number of fused-ring (bicyclic) bond motifs is 1. The van der Waals surface area contributed by atoms with Crippen molar-refractivity contribution >= 4 is 5.52 Å². The fraction of sp³-hybridized carbons (Fsp3) is 0.273. The molecule has 0 aliphatic rings. The van der Waals surface area contributed by atoms with E-state index in [4.69, 9.17) is 5.73 Å². The van der Waals surface area contributed by atoms with Gasteiger partial charge in [-0.25, -0.2) is 0 Å². The van der Waals surface area contributed by atoms with E-state index in [-0.39, 0.29) is 6.04 Å². The van der Waals surface area contributed by atoms with Crippen LogP contribution in [0.2, 0.25) is 0 Å². The Kier molecular flexibility index (Phi) is 2.27.